The van der Waals surface area contributed by atoms with Gasteiger partial charge < -0.3 is 15.0 Å². The van der Waals surface area contributed by atoms with Gasteiger partial charge in [-0.25, -0.2) is 4.79 Å². The molecule has 1 aromatic carbocycles. The minimum absolute atomic E-state index is 0.0930. The van der Waals surface area contributed by atoms with Crippen molar-refractivity contribution in [2.45, 2.75) is 26.3 Å². The molecule has 0 aliphatic carbocycles. The number of esters is 1. The van der Waals surface area contributed by atoms with Crippen molar-refractivity contribution in [3.8, 4) is 0 Å². The SMILES string of the molecule is C=C1c2ccccc2C(=O)N1CCC(=O)OCC(=O)NC(=O)NC(C)C. The molecule has 1 aliphatic rings. The average molecular weight is 359 g/mol. The van der Waals surface area contributed by atoms with Gasteiger partial charge in [-0.15, -0.1) is 0 Å². The van der Waals surface area contributed by atoms with Crippen LogP contribution in [0.4, 0.5) is 4.79 Å². The van der Waals surface area contributed by atoms with E-state index in [0.29, 0.717) is 11.3 Å². The lowest BCUT2D eigenvalue weighted by molar-refractivity contribution is -0.148. The maximum absolute atomic E-state index is 12.3. The summed E-state index contributed by atoms with van der Waals surface area (Å²) in [5, 5.41) is 4.52. The molecule has 1 aromatic rings. The van der Waals surface area contributed by atoms with Gasteiger partial charge in [0.25, 0.3) is 11.8 Å². The minimum Gasteiger partial charge on any atom is -0.456 e. The molecule has 2 N–H and O–H groups in total. The minimum atomic E-state index is -0.731. The quantitative estimate of drug-likeness (QED) is 0.745. The van der Waals surface area contributed by atoms with E-state index in [1.54, 1.807) is 32.0 Å². The van der Waals surface area contributed by atoms with Crippen LogP contribution >= 0.6 is 0 Å². The molecule has 8 heteroatoms. The summed E-state index contributed by atoms with van der Waals surface area (Å²) in [5.74, 6) is -1.60. The number of hydrogen-bond donors (Lipinski definition) is 2. The predicted octanol–water partition coefficient (Wildman–Crippen LogP) is 1.28. The third-order valence-corrected chi connectivity index (χ3v) is 3.62. The Bertz CT molecular complexity index is 722. The molecule has 1 heterocycles. The first-order chi connectivity index (χ1) is 12.3. The Kier molecular flexibility index (Phi) is 6.11. The molecule has 4 amide bonds. The Morgan fingerprint density at radius 1 is 1.19 bits per heavy atom. The summed E-state index contributed by atoms with van der Waals surface area (Å²) >= 11 is 0. The maximum Gasteiger partial charge on any atom is 0.321 e. The Labute approximate surface area is 151 Å². The monoisotopic (exact) mass is 359 g/mol. The Hall–Kier alpha value is -3.16. The lowest BCUT2D eigenvalue weighted by Gasteiger charge is -2.16. The van der Waals surface area contributed by atoms with Gasteiger partial charge in [0.2, 0.25) is 0 Å². The molecule has 0 saturated heterocycles. The van der Waals surface area contributed by atoms with E-state index in [4.69, 9.17) is 4.74 Å². The van der Waals surface area contributed by atoms with Gasteiger partial charge in [-0.2, -0.15) is 0 Å². The van der Waals surface area contributed by atoms with Gasteiger partial charge >= 0.3 is 12.0 Å². The molecule has 0 bridgehead atoms. The van der Waals surface area contributed by atoms with Gasteiger partial charge in [0.1, 0.15) is 0 Å². The van der Waals surface area contributed by atoms with Crippen molar-refractivity contribution in [2.75, 3.05) is 13.2 Å². The number of fused-ring (bicyclic) bond motifs is 1. The number of ether oxygens (including phenoxy) is 1. The van der Waals surface area contributed by atoms with Crippen molar-refractivity contribution in [2.24, 2.45) is 0 Å². The van der Waals surface area contributed by atoms with Crippen LogP contribution in [-0.2, 0) is 14.3 Å². The molecule has 2 rings (SSSR count). The summed E-state index contributed by atoms with van der Waals surface area (Å²) in [6.07, 6.45) is -0.0930. The number of carbonyl (C=O) groups excluding carboxylic acids is 4. The van der Waals surface area contributed by atoms with Gasteiger partial charge in [-0.05, 0) is 19.9 Å². The molecular formula is C18H21N3O5. The highest BCUT2D eigenvalue weighted by atomic mass is 16.5. The fraction of sp³-hybridized carbons (Fsp3) is 0.333. The largest absolute Gasteiger partial charge is 0.456 e. The summed E-state index contributed by atoms with van der Waals surface area (Å²) in [6, 6.07) is 6.28. The number of rotatable bonds is 6. The van der Waals surface area contributed by atoms with Crippen LogP contribution < -0.4 is 10.6 Å². The smallest absolute Gasteiger partial charge is 0.321 e. The predicted molar refractivity (Wildman–Crippen MR) is 93.9 cm³/mol. The molecule has 0 saturated carbocycles. The molecule has 1 aliphatic heterocycles. The van der Waals surface area contributed by atoms with E-state index < -0.39 is 24.5 Å². The maximum atomic E-state index is 12.3. The third kappa shape index (κ3) is 4.69. The van der Waals surface area contributed by atoms with E-state index in [0.717, 1.165) is 5.56 Å². The number of amides is 4. The number of urea groups is 1. The Morgan fingerprint density at radius 2 is 1.85 bits per heavy atom. The molecule has 0 unspecified atom stereocenters. The first kappa shape index (κ1) is 19.2. The van der Waals surface area contributed by atoms with Crippen LogP contribution in [0.1, 0.15) is 36.2 Å². The van der Waals surface area contributed by atoms with Gasteiger partial charge in [0.15, 0.2) is 6.61 Å². The molecule has 0 fully saturated rings. The van der Waals surface area contributed by atoms with Crippen molar-refractivity contribution in [3.63, 3.8) is 0 Å². The zero-order chi connectivity index (χ0) is 19.3. The molecule has 0 spiro atoms. The topological polar surface area (TPSA) is 105 Å². The third-order valence-electron chi connectivity index (χ3n) is 3.62. The van der Waals surface area contributed by atoms with Crippen molar-refractivity contribution in [1.82, 2.24) is 15.5 Å². The van der Waals surface area contributed by atoms with Crippen LogP contribution in [0.3, 0.4) is 0 Å². The van der Waals surface area contributed by atoms with Crippen molar-refractivity contribution >= 4 is 29.5 Å². The summed E-state index contributed by atoms with van der Waals surface area (Å²) in [6.45, 7) is 6.90. The van der Waals surface area contributed by atoms with Crippen LogP contribution in [0.5, 0.6) is 0 Å². The highest BCUT2D eigenvalue weighted by Crippen LogP contribution is 2.30. The fourth-order valence-corrected chi connectivity index (χ4v) is 2.45. The molecule has 0 aromatic heterocycles. The molecule has 0 atom stereocenters. The van der Waals surface area contributed by atoms with E-state index in [2.05, 4.69) is 11.9 Å². The Morgan fingerprint density at radius 3 is 2.46 bits per heavy atom. The van der Waals surface area contributed by atoms with Gasteiger partial charge in [-0.1, -0.05) is 24.8 Å². The number of imide groups is 1. The lowest BCUT2D eigenvalue weighted by atomic mass is 10.1. The summed E-state index contributed by atoms with van der Waals surface area (Å²) < 4.78 is 4.82. The Balaban J connectivity index is 1.76. The molecule has 26 heavy (non-hydrogen) atoms. The number of benzene rings is 1. The van der Waals surface area contributed by atoms with Gasteiger partial charge in [-0.3, -0.25) is 19.7 Å². The van der Waals surface area contributed by atoms with Gasteiger partial charge in [0.05, 0.1) is 6.42 Å². The first-order valence-electron chi connectivity index (χ1n) is 8.15. The second-order valence-electron chi connectivity index (χ2n) is 6.04. The highest BCUT2D eigenvalue weighted by Gasteiger charge is 2.30. The number of nitrogens with one attached hydrogen (secondary N) is 2. The van der Waals surface area contributed by atoms with Crippen LogP contribution in [0, 0.1) is 0 Å². The molecular weight excluding hydrogens is 338 g/mol. The van der Waals surface area contributed by atoms with Crippen LogP contribution in [0.15, 0.2) is 30.8 Å². The van der Waals surface area contributed by atoms with Gasteiger partial charge in [0, 0.05) is 29.4 Å². The van der Waals surface area contributed by atoms with Crippen molar-refractivity contribution in [3.05, 3.63) is 42.0 Å². The van der Waals surface area contributed by atoms with E-state index in [-0.39, 0.29) is 24.9 Å². The number of nitrogens with zero attached hydrogens (tertiary/aromatic N) is 1. The molecule has 138 valence electrons. The van der Waals surface area contributed by atoms with Crippen LogP contribution in [0.25, 0.3) is 5.70 Å². The van der Waals surface area contributed by atoms with Crippen molar-refractivity contribution < 1.29 is 23.9 Å². The summed E-state index contributed by atoms with van der Waals surface area (Å²) in [7, 11) is 0. The van der Waals surface area contributed by atoms with Crippen LogP contribution in [0.2, 0.25) is 0 Å². The molecule has 0 radical (unpaired) electrons. The highest BCUT2D eigenvalue weighted by molar-refractivity contribution is 6.08. The zero-order valence-electron chi connectivity index (χ0n) is 14.7. The summed E-state index contributed by atoms with van der Waals surface area (Å²) in [5.41, 5.74) is 1.81. The van der Waals surface area contributed by atoms with E-state index in [1.807, 2.05) is 11.4 Å². The normalized spacial score (nSPS) is 12.8. The average Bonchev–Trinajstić information content (AvgIpc) is 2.82. The second kappa shape index (κ2) is 8.28. The zero-order valence-corrected chi connectivity index (χ0v) is 14.7. The first-order valence-corrected chi connectivity index (χ1v) is 8.15. The lowest BCUT2D eigenvalue weighted by Crippen LogP contribution is -2.44. The van der Waals surface area contributed by atoms with E-state index in [9.17, 15) is 19.2 Å². The van der Waals surface area contributed by atoms with E-state index in [1.165, 1.54) is 4.90 Å². The second-order valence-corrected chi connectivity index (χ2v) is 6.04. The number of carbonyl (C=O) groups is 4. The number of hydrogen-bond acceptors (Lipinski definition) is 5. The van der Waals surface area contributed by atoms with Crippen molar-refractivity contribution in [1.29, 1.82) is 0 Å². The molecule has 8 nitrogen and oxygen atoms in total. The summed E-state index contributed by atoms with van der Waals surface area (Å²) in [4.78, 5) is 48.4. The fourth-order valence-electron chi connectivity index (χ4n) is 2.45. The standard InChI is InChI=1S/C18H21N3O5/c1-11(2)19-18(25)20-15(22)10-26-16(23)8-9-21-12(3)13-6-4-5-7-14(13)17(21)24/h4-7,11H,3,8-10H2,1-2H3,(H2,19,20,22,25). The van der Waals surface area contributed by atoms with Crippen LogP contribution in [-0.4, -0.2) is 47.9 Å². The van der Waals surface area contributed by atoms with E-state index >= 15 is 0 Å².